The number of hydrogen-bond donors (Lipinski definition) is 2. The van der Waals surface area contributed by atoms with E-state index in [0.29, 0.717) is 0 Å². The van der Waals surface area contributed by atoms with Crippen molar-refractivity contribution in [3.05, 3.63) is 248 Å². The molecule has 11 rings (SSSR count). The monoisotopic (exact) mass is 1030 g/mol. The Balaban J connectivity index is 0.000000203. The molecular weight excluding hydrogens is 983 g/mol. The number of pyridine rings is 1. The van der Waals surface area contributed by atoms with E-state index in [1.165, 1.54) is 95.2 Å². The molecule has 1 heterocycles. The van der Waals surface area contributed by atoms with E-state index in [9.17, 15) is 0 Å². The smallest absolute Gasteiger partial charge is 0.0877 e. The Morgan fingerprint density at radius 2 is 0.818 bits per heavy atom. The summed E-state index contributed by atoms with van der Waals surface area (Å²) in [5.41, 5.74) is 13.1. The van der Waals surface area contributed by atoms with Crippen molar-refractivity contribution >= 4 is 43.2 Å². The van der Waals surface area contributed by atoms with Crippen LogP contribution in [-0.4, -0.2) is 21.3 Å². The van der Waals surface area contributed by atoms with Gasteiger partial charge in [0.1, 0.15) is 0 Å². The molecule has 1 radical (unpaired) electrons. The van der Waals surface area contributed by atoms with Gasteiger partial charge in [0.25, 0.3) is 0 Å². The predicted molar refractivity (Wildman–Crippen MR) is 275 cm³/mol. The molecule has 1 aromatic heterocycles. The van der Waals surface area contributed by atoms with E-state index in [4.69, 9.17) is 10.2 Å². The van der Waals surface area contributed by atoms with E-state index < -0.39 is 6.10 Å². The summed E-state index contributed by atoms with van der Waals surface area (Å²) in [5, 5.41) is 25.7. The van der Waals surface area contributed by atoms with Crippen LogP contribution in [0.3, 0.4) is 0 Å². The Kier molecular flexibility index (Phi) is 14.4. The van der Waals surface area contributed by atoms with E-state index in [0.717, 1.165) is 16.8 Å². The first-order valence-corrected chi connectivity index (χ1v) is 22.0. The fraction of sp³-hybridized carbons (Fsp3) is 0.0484. The van der Waals surface area contributed by atoms with Crippen LogP contribution in [0, 0.1) is 6.07 Å². The molecule has 323 valence electrons. The van der Waals surface area contributed by atoms with Crippen molar-refractivity contribution in [1.82, 2.24) is 4.98 Å². The molecule has 0 bridgehead atoms. The zero-order valence-corrected chi connectivity index (χ0v) is 39.2. The molecule has 0 saturated heterocycles. The van der Waals surface area contributed by atoms with E-state index >= 15 is 0 Å². The maximum atomic E-state index is 8.49. The van der Waals surface area contributed by atoms with E-state index in [-0.39, 0.29) is 25.9 Å². The molecular formula is C62H48IrNO2-. The normalized spacial score (nSPS) is 11.5. The van der Waals surface area contributed by atoms with Gasteiger partial charge in [-0.25, -0.2) is 0 Å². The maximum absolute atomic E-state index is 8.49. The molecule has 0 aliphatic heterocycles. The summed E-state index contributed by atoms with van der Waals surface area (Å²) in [5.74, 6) is 0.162. The van der Waals surface area contributed by atoms with E-state index in [2.05, 4.69) is 193 Å². The summed E-state index contributed by atoms with van der Waals surface area (Å²) >= 11 is 0. The number of aliphatic hydroxyl groups excluding tert-OH is 2. The van der Waals surface area contributed by atoms with Gasteiger partial charge in [0.15, 0.2) is 0 Å². The third-order valence-corrected chi connectivity index (χ3v) is 11.5. The van der Waals surface area contributed by atoms with E-state index in [1.54, 1.807) is 6.92 Å². The Morgan fingerprint density at radius 3 is 1.17 bits per heavy atom. The van der Waals surface area contributed by atoms with Gasteiger partial charge in [-0.2, -0.15) is 0 Å². The fourth-order valence-electron chi connectivity index (χ4n) is 8.86. The number of aliphatic hydroxyl groups is 2. The number of allylic oxidation sites excluding steroid dienone is 1. The van der Waals surface area contributed by atoms with Crippen LogP contribution in [0.4, 0.5) is 0 Å². The van der Waals surface area contributed by atoms with Crippen LogP contribution in [0.2, 0.25) is 0 Å². The summed E-state index contributed by atoms with van der Waals surface area (Å²) in [6.45, 7) is 3.10. The van der Waals surface area contributed by atoms with Crippen LogP contribution in [0.25, 0.3) is 99.0 Å². The van der Waals surface area contributed by atoms with Crippen LogP contribution >= 0.6 is 0 Å². The van der Waals surface area contributed by atoms with Crippen molar-refractivity contribution in [2.45, 2.75) is 20.0 Å². The third kappa shape index (κ3) is 9.64. The summed E-state index contributed by atoms with van der Waals surface area (Å²) < 4.78 is 0. The van der Waals surface area contributed by atoms with Crippen molar-refractivity contribution < 1.29 is 30.3 Å². The van der Waals surface area contributed by atoms with Crippen molar-refractivity contribution in [2.75, 3.05) is 0 Å². The Labute approximate surface area is 400 Å². The fourth-order valence-corrected chi connectivity index (χ4v) is 8.86. The van der Waals surface area contributed by atoms with E-state index in [1.807, 2.05) is 48.5 Å². The van der Waals surface area contributed by atoms with Gasteiger partial charge in [-0.3, -0.25) is 4.98 Å². The molecule has 2 N–H and O–H groups in total. The second-order valence-electron chi connectivity index (χ2n) is 16.0. The van der Waals surface area contributed by atoms with Gasteiger partial charge in [-0.05, 0) is 114 Å². The predicted octanol–water partition coefficient (Wildman–Crippen LogP) is 16.3. The molecule has 0 spiro atoms. The summed E-state index contributed by atoms with van der Waals surface area (Å²) in [4.78, 5) is 4.61. The van der Waals surface area contributed by atoms with Gasteiger partial charge < -0.3 is 10.2 Å². The Bertz CT molecular complexity index is 3070. The van der Waals surface area contributed by atoms with Gasteiger partial charge in [-0.15, -0.1) is 35.9 Å². The molecule has 0 amide bonds. The van der Waals surface area contributed by atoms with Crippen LogP contribution in [0.1, 0.15) is 13.8 Å². The van der Waals surface area contributed by atoms with Gasteiger partial charge in [-0.1, -0.05) is 200 Å². The number of benzene rings is 10. The topological polar surface area (TPSA) is 53.4 Å². The number of hydrogen-bond acceptors (Lipinski definition) is 3. The maximum Gasteiger partial charge on any atom is 0.0877 e. The molecule has 4 heteroatoms. The number of fused-ring (bicyclic) bond motifs is 4. The molecule has 0 saturated carbocycles. The minimum absolute atomic E-state index is 0. The Hall–Kier alpha value is -7.46. The number of nitrogens with zero attached hydrogens (tertiary/aromatic N) is 1. The summed E-state index contributed by atoms with van der Waals surface area (Å²) in [7, 11) is 0. The second-order valence-corrected chi connectivity index (χ2v) is 16.0. The van der Waals surface area contributed by atoms with Crippen LogP contribution in [-0.2, 0) is 20.1 Å². The molecule has 3 nitrogen and oxygen atoms in total. The van der Waals surface area contributed by atoms with Gasteiger partial charge in [0.2, 0.25) is 0 Å². The number of aromatic nitrogens is 1. The van der Waals surface area contributed by atoms with Crippen molar-refractivity contribution in [3.63, 3.8) is 0 Å². The summed E-state index contributed by atoms with van der Waals surface area (Å²) in [6, 6.07) is 85.0. The average molecular weight is 1030 g/mol. The van der Waals surface area contributed by atoms with Crippen LogP contribution in [0.15, 0.2) is 242 Å². The van der Waals surface area contributed by atoms with Crippen molar-refractivity contribution in [2.24, 2.45) is 0 Å². The molecule has 0 aliphatic rings. The van der Waals surface area contributed by atoms with Crippen LogP contribution < -0.4 is 0 Å². The van der Waals surface area contributed by atoms with Gasteiger partial charge in [0.05, 0.1) is 17.4 Å². The molecule has 0 aliphatic carbocycles. The molecule has 11 aromatic rings. The average Bonchev–Trinajstić information content (AvgIpc) is 3.36. The number of rotatable bonds is 6. The standard InChI is InChI=1S/C42H28.C15H10N.C5H10O2.Ir/c1-5-17-29(18-6-1)37-33-25-13-14-26-34(33)39(31-21-9-3-10-22-31)42-40(32-23-11-4-12-24-32)36-28-16-15-27-35(36)38(41(37)42)30-19-7-2-8-20-30;1-2-6-12(7-3-1)15-11-10-13-8-4-5-9-14(13)16-15;1-4(6)3-5(2)7;/h1-28H;1-6,8-11H;3-4,6-7H,1-2H3;/q;-1;;. The van der Waals surface area contributed by atoms with Crippen molar-refractivity contribution in [3.8, 4) is 55.8 Å². The van der Waals surface area contributed by atoms with Crippen molar-refractivity contribution in [1.29, 1.82) is 0 Å². The third-order valence-electron chi connectivity index (χ3n) is 11.5. The number of para-hydroxylation sites is 1. The molecule has 0 fully saturated rings. The Morgan fingerprint density at radius 1 is 0.455 bits per heavy atom. The zero-order valence-electron chi connectivity index (χ0n) is 36.8. The molecule has 66 heavy (non-hydrogen) atoms. The van der Waals surface area contributed by atoms with Gasteiger partial charge >= 0.3 is 0 Å². The minimum Gasteiger partial charge on any atom is -0.513 e. The summed E-state index contributed by atoms with van der Waals surface area (Å²) in [6.07, 6.45) is 0.824. The second kappa shape index (κ2) is 21.0. The minimum atomic E-state index is -0.537. The first-order valence-electron chi connectivity index (χ1n) is 22.0. The molecule has 1 atom stereocenters. The molecule has 10 aromatic carbocycles. The first-order chi connectivity index (χ1) is 32.0. The quantitative estimate of drug-likeness (QED) is 0.0991. The molecule has 1 unspecified atom stereocenters. The van der Waals surface area contributed by atoms with Crippen LogP contribution in [0.5, 0.6) is 0 Å². The van der Waals surface area contributed by atoms with Gasteiger partial charge in [0, 0.05) is 20.1 Å². The first kappa shape index (κ1) is 45.1. The SMILES string of the molecule is CC(O)=CC(C)O.[Ir].[c-]1ccccc1-c1ccc2ccccc2n1.c1ccc(-c2c3ccccc3c(-c3ccccc3)c3c(-c4ccccc4)c4ccccc4c(-c4ccccc4)c23)cc1. The zero-order chi connectivity index (χ0) is 44.5. The largest absolute Gasteiger partial charge is 0.513 e.